The number of aromatic nitrogens is 2. The Bertz CT molecular complexity index is 794. The molecule has 1 N–H and O–H groups in total. The normalized spacial score (nSPS) is 10.4. The summed E-state index contributed by atoms with van der Waals surface area (Å²) in [6.45, 7) is 1.35. The number of nitrogens with one attached hydrogen (secondary N) is 1. The van der Waals surface area contributed by atoms with E-state index in [1.807, 2.05) is 59.3 Å². The minimum Gasteiger partial charge on any atom is -0.497 e. The van der Waals surface area contributed by atoms with E-state index in [-0.39, 0.29) is 5.91 Å². The number of ether oxygens (including phenoxy) is 1. The molecule has 0 aliphatic carbocycles. The third kappa shape index (κ3) is 4.70. The van der Waals surface area contributed by atoms with Crippen LogP contribution in [0.1, 0.15) is 21.5 Å². The van der Waals surface area contributed by atoms with Crippen molar-refractivity contribution < 1.29 is 9.53 Å². The molecule has 0 unspecified atom stereocenters. The third-order valence-electron chi connectivity index (χ3n) is 4.00. The van der Waals surface area contributed by atoms with Crippen LogP contribution >= 0.6 is 0 Å². The molecule has 3 aromatic rings. The Labute approximate surface area is 147 Å². The van der Waals surface area contributed by atoms with Crippen LogP contribution in [0.4, 0.5) is 0 Å². The molecule has 0 saturated carbocycles. The fraction of sp³-hybridized carbons (Fsp3) is 0.200. The van der Waals surface area contributed by atoms with Gasteiger partial charge in [0.15, 0.2) is 0 Å². The highest BCUT2D eigenvalue weighted by Crippen LogP contribution is 2.11. The van der Waals surface area contributed by atoms with E-state index in [9.17, 15) is 4.79 Å². The lowest BCUT2D eigenvalue weighted by Gasteiger charge is -2.07. The van der Waals surface area contributed by atoms with Crippen LogP contribution in [0.25, 0.3) is 0 Å². The first-order valence-corrected chi connectivity index (χ1v) is 8.20. The molecule has 0 saturated heterocycles. The average Bonchev–Trinajstić information content (AvgIpc) is 3.16. The van der Waals surface area contributed by atoms with Crippen molar-refractivity contribution in [3.63, 3.8) is 0 Å². The molecule has 25 heavy (non-hydrogen) atoms. The molecule has 0 aliphatic heterocycles. The lowest BCUT2D eigenvalue weighted by molar-refractivity contribution is 0.0954. The minimum atomic E-state index is -0.0531. The van der Waals surface area contributed by atoms with Crippen LogP contribution < -0.4 is 10.1 Å². The fourth-order valence-corrected chi connectivity index (χ4v) is 2.57. The molecule has 0 radical (unpaired) electrons. The lowest BCUT2D eigenvalue weighted by atomic mass is 10.1. The molecule has 0 bridgehead atoms. The van der Waals surface area contributed by atoms with Gasteiger partial charge in [0.05, 0.1) is 13.4 Å². The van der Waals surface area contributed by atoms with Crippen molar-refractivity contribution in [3.8, 4) is 5.75 Å². The standard InChI is InChI=1S/C20H21N3O2/c1-25-19-8-4-16(5-9-19)10-11-22-20(24)18-6-2-17(3-7-18)14-23-13-12-21-15-23/h2-9,12-13,15H,10-11,14H2,1H3,(H,22,24). The van der Waals surface area contributed by atoms with E-state index in [0.29, 0.717) is 12.1 Å². The largest absolute Gasteiger partial charge is 0.497 e. The topological polar surface area (TPSA) is 56.1 Å². The van der Waals surface area contributed by atoms with E-state index < -0.39 is 0 Å². The Hall–Kier alpha value is -3.08. The Morgan fingerprint density at radius 3 is 2.44 bits per heavy atom. The van der Waals surface area contributed by atoms with Crippen LogP contribution in [0.2, 0.25) is 0 Å². The van der Waals surface area contributed by atoms with E-state index in [2.05, 4.69) is 10.3 Å². The average molecular weight is 335 g/mol. The molecule has 0 aliphatic rings. The van der Waals surface area contributed by atoms with Gasteiger partial charge in [-0.1, -0.05) is 24.3 Å². The molecule has 3 rings (SSSR count). The van der Waals surface area contributed by atoms with Gasteiger partial charge in [-0.15, -0.1) is 0 Å². The van der Waals surface area contributed by atoms with Crippen molar-refractivity contribution in [2.24, 2.45) is 0 Å². The van der Waals surface area contributed by atoms with Gasteiger partial charge in [0.1, 0.15) is 5.75 Å². The van der Waals surface area contributed by atoms with Crippen LogP contribution in [0.3, 0.4) is 0 Å². The number of hydrogen-bond acceptors (Lipinski definition) is 3. The highest BCUT2D eigenvalue weighted by atomic mass is 16.5. The van der Waals surface area contributed by atoms with Gasteiger partial charge in [0, 0.05) is 31.0 Å². The maximum absolute atomic E-state index is 12.2. The van der Waals surface area contributed by atoms with E-state index in [1.54, 1.807) is 19.6 Å². The molecular weight excluding hydrogens is 314 g/mol. The predicted octanol–water partition coefficient (Wildman–Crippen LogP) is 2.91. The van der Waals surface area contributed by atoms with E-state index in [1.165, 1.54) is 0 Å². The number of amides is 1. The van der Waals surface area contributed by atoms with Gasteiger partial charge >= 0.3 is 0 Å². The quantitative estimate of drug-likeness (QED) is 0.722. The monoisotopic (exact) mass is 335 g/mol. The fourth-order valence-electron chi connectivity index (χ4n) is 2.57. The summed E-state index contributed by atoms with van der Waals surface area (Å²) in [5.41, 5.74) is 2.97. The van der Waals surface area contributed by atoms with Crippen molar-refractivity contribution in [2.45, 2.75) is 13.0 Å². The first kappa shape index (κ1) is 16.8. The summed E-state index contributed by atoms with van der Waals surface area (Å²) in [7, 11) is 1.65. The number of hydrogen-bond donors (Lipinski definition) is 1. The number of benzene rings is 2. The van der Waals surface area contributed by atoms with Gasteiger partial charge < -0.3 is 14.6 Å². The molecule has 0 atom stereocenters. The summed E-state index contributed by atoms with van der Waals surface area (Å²) in [6, 6.07) is 15.5. The Kier molecular flexibility index (Phi) is 5.46. The first-order chi connectivity index (χ1) is 12.2. The number of imidazole rings is 1. The zero-order valence-electron chi connectivity index (χ0n) is 14.2. The SMILES string of the molecule is COc1ccc(CCNC(=O)c2ccc(Cn3ccnc3)cc2)cc1. The van der Waals surface area contributed by atoms with Crippen molar-refractivity contribution >= 4 is 5.91 Å². The smallest absolute Gasteiger partial charge is 0.251 e. The summed E-state index contributed by atoms with van der Waals surface area (Å²) < 4.78 is 7.13. The second kappa shape index (κ2) is 8.15. The first-order valence-electron chi connectivity index (χ1n) is 8.20. The van der Waals surface area contributed by atoms with E-state index in [4.69, 9.17) is 4.74 Å². The number of nitrogens with zero attached hydrogens (tertiary/aromatic N) is 2. The molecule has 128 valence electrons. The molecule has 0 spiro atoms. The number of methoxy groups -OCH3 is 1. The number of carbonyl (C=O) groups is 1. The highest BCUT2D eigenvalue weighted by Gasteiger charge is 2.05. The van der Waals surface area contributed by atoms with Gasteiger partial charge in [-0.25, -0.2) is 4.98 Å². The van der Waals surface area contributed by atoms with Gasteiger partial charge in [-0.3, -0.25) is 4.79 Å². The predicted molar refractivity (Wildman–Crippen MR) is 96.8 cm³/mol. The molecule has 5 heteroatoms. The van der Waals surface area contributed by atoms with Crippen LogP contribution in [-0.4, -0.2) is 29.1 Å². The van der Waals surface area contributed by atoms with Crippen LogP contribution in [-0.2, 0) is 13.0 Å². The molecule has 0 fully saturated rings. The van der Waals surface area contributed by atoms with Crippen molar-refractivity contribution in [1.82, 2.24) is 14.9 Å². The van der Waals surface area contributed by atoms with Crippen LogP contribution in [0, 0.1) is 0 Å². The number of rotatable bonds is 7. The summed E-state index contributed by atoms with van der Waals surface area (Å²) in [5.74, 6) is 0.784. The molecular formula is C20H21N3O2. The van der Waals surface area contributed by atoms with Gasteiger partial charge in [-0.05, 0) is 41.8 Å². The van der Waals surface area contributed by atoms with Gasteiger partial charge in [0.25, 0.3) is 5.91 Å². The lowest BCUT2D eigenvalue weighted by Crippen LogP contribution is -2.25. The summed E-state index contributed by atoms with van der Waals surface area (Å²) >= 11 is 0. The Morgan fingerprint density at radius 2 is 1.80 bits per heavy atom. The number of carbonyl (C=O) groups excluding carboxylic acids is 1. The minimum absolute atomic E-state index is 0.0531. The maximum atomic E-state index is 12.2. The summed E-state index contributed by atoms with van der Waals surface area (Å²) in [6.07, 6.45) is 6.23. The second-order valence-corrected chi connectivity index (χ2v) is 5.79. The zero-order valence-corrected chi connectivity index (χ0v) is 14.2. The molecule has 1 aromatic heterocycles. The molecule has 5 nitrogen and oxygen atoms in total. The van der Waals surface area contributed by atoms with Gasteiger partial charge in [-0.2, -0.15) is 0 Å². The zero-order chi connectivity index (χ0) is 17.5. The van der Waals surface area contributed by atoms with Crippen LogP contribution in [0.15, 0.2) is 67.3 Å². The second-order valence-electron chi connectivity index (χ2n) is 5.79. The van der Waals surface area contributed by atoms with Gasteiger partial charge in [0.2, 0.25) is 0 Å². The molecule has 1 amide bonds. The van der Waals surface area contributed by atoms with E-state index >= 15 is 0 Å². The summed E-state index contributed by atoms with van der Waals surface area (Å²) in [4.78, 5) is 16.2. The summed E-state index contributed by atoms with van der Waals surface area (Å²) in [5, 5.41) is 2.96. The molecule has 2 aromatic carbocycles. The molecule has 1 heterocycles. The Morgan fingerprint density at radius 1 is 1.08 bits per heavy atom. The Balaban J connectivity index is 1.49. The highest BCUT2D eigenvalue weighted by molar-refractivity contribution is 5.94. The van der Waals surface area contributed by atoms with Crippen molar-refractivity contribution in [3.05, 3.63) is 83.9 Å². The third-order valence-corrected chi connectivity index (χ3v) is 4.00. The maximum Gasteiger partial charge on any atom is 0.251 e. The van der Waals surface area contributed by atoms with Crippen molar-refractivity contribution in [1.29, 1.82) is 0 Å². The van der Waals surface area contributed by atoms with Crippen LogP contribution in [0.5, 0.6) is 5.75 Å². The van der Waals surface area contributed by atoms with Crippen molar-refractivity contribution in [2.75, 3.05) is 13.7 Å². The van der Waals surface area contributed by atoms with E-state index in [0.717, 1.165) is 29.8 Å².